The zero-order valence-electron chi connectivity index (χ0n) is 9.60. The van der Waals surface area contributed by atoms with Gasteiger partial charge in [-0.15, -0.1) is 0 Å². The SMILES string of the molecule is NC(=O)c1ccc(N2CC(CC(=O)O)C2)c(F)c1. The van der Waals surface area contributed by atoms with E-state index in [4.69, 9.17) is 10.8 Å². The number of nitrogens with two attached hydrogens (primary N) is 1. The highest BCUT2D eigenvalue weighted by Crippen LogP contribution is 2.29. The minimum absolute atomic E-state index is 0.0534. The molecule has 1 aromatic rings. The fourth-order valence-electron chi connectivity index (χ4n) is 2.06. The zero-order valence-corrected chi connectivity index (χ0v) is 9.60. The van der Waals surface area contributed by atoms with Gasteiger partial charge < -0.3 is 15.7 Å². The van der Waals surface area contributed by atoms with Gasteiger partial charge in [0.1, 0.15) is 5.82 Å². The molecule has 6 heteroatoms. The Bertz CT molecular complexity index is 498. The topological polar surface area (TPSA) is 83.6 Å². The van der Waals surface area contributed by atoms with E-state index in [-0.39, 0.29) is 17.9 Å². The van der Waals surface area contributed by atoms with Gasteiger partial charge in [-0.05, 0) is 18.2 Å². The second-order valence-corrected chi connectivity index (χ2v) is 4.40. The van der Waals surface area contributed by atoms with Gasteiger partial charge in [-0.1, -0.05) is 0 Å². The Morgan fingerprint density at radius 1 is 1.44 bits per heavy atom. The summed E-state index contributed by atoms with van der Waals surface area (Å²) >= 11 is 0. The van der Waals surface area contributed by atoms with Crippen molar-refractivity contribution in [3.05, 3.63) is 29.6 Å². The fourth-order valence-corrected chi connectivity index (χ4v) is 2.06. The molecule has 0 radical (unpaired) electrons. The van der Waals surface area contributed by atoms with Crippen LogP contribution in [0.25, 0.3) is 0 Å². The molecule has 3 N–H and O–H groups in total. The number of anilines is 1. The van der Waals surface area contributed by atoms with E-state index < -0.39 is 17.7 Å². The molecule has 1 amide bonds. The van der Waals surface area contributed by atoms with Gasteiger partial charge in [0.15, 0.2) is 0 Å². The van der Waals surface area contributed by atoms with Crippen LogP contribution < -0.4 is 10.6 Å². The molecule has 1 aromatic carbocycles. The molecule has 0 unspecified atom stereocenters. The monoisotopic (exact) mass is 252 g/mol. The van der Waals surface area contributed by atoms with E-state index in [0.29, 0.717) is 18.8 Å². The number of amides is 1. The van der Waals surface area contributed by atoms with Crippen molar-refractivity contribution in [2.75, 3.05) is 18.0 Å². The lowest BCUT2D eigenvalue weighted by Gasteiger charge is -2.40. The molecule has 0 aliphatic carbocycles. The molecule has 0 atom stereocenters. The third kappa shape index (κ3) is 2.42. The van der Waals surface area contributed by atoms with Gasteiger partial charge in [-0.25, -0.2) is 4.39 Å². The number of rotatable bonds is 4. The smallest absolute Gasteiger partial charge is 0.303 e. The largest absolute Gasteiger partial charge is 0.481 e. The highest BCUT2D eigenvalue weighted by Gasteiger charge is 2.30. The third-order valence-corrected chi connectivity index (χ3v) is 2.99. The summed E-state index contributed by atoms with van der Waals surface area (Å²) in [5.41, 5.74) is 5.55. The van der Waals surface area contributed by atoms with Crippen molar-refractivity contribution in [3.8, 4) is 0 Å². The fraction of sp³-hybridized carbons (Fsp3) is 0.333. The van der Waals surface area contributed by atoms with Crippen LogP contribution in [0.15, 0.2) is 18.2 Å². The number of halogens is 1. The van der Waals surface area contributed by atoms with Crippen LogP contribution >= 0.6 is 0 Å². The summed E-state index contributed by atoms with van der Waals surface area (Å²) in [6, 6.07) is 4.06. The summed E-state index contributed by atoms with van der Waals surface area (Å²) in [6.45, 7) is 1.03. The van der Waals surface area contributed by atoms with Gasteiger partial charge >= 0.3 is 5.97 Å². The summed E-state index contributed by atoms with van der Waals surface area (Å²) in [5, 5.41) is 8.61. The Labute approximate surface area is 103 Å². The first-order valence-electron chi connectivity index (χ1n) is 5.53. The molecule has 1 saturated heterocycles. The number of aliphatic carboxylic acids is 1. The lowest BCUT2D eigenvalue weighted by molar-refractivity contribution is -0.138. The second kappa shape index (κ2) is 4.64. The summed E-state index contributed by atoms with van der Waals surface area (Å²) in [6.07, 6.45) is 0.0947. The quantitative estimate of drug-likeness (QED) is 0.831. The maximum Gasteiger partial charge on any atom is 0.303 e. The molecule has 0 aromatic heterocycles. The standard InChI is InChI=1S/C12H13FN2O3/c13-9-4-8(12(14)18)1-2-10(9)15-5-7(6-15)3-11(16)17/h1-2,4,7H,3,5-6H2,(H2,14,18)(H,16,17). The minimum atomic E-state index is -0.843. The molecule has 1 heterocycles. The molecule has 1 aliphatic heterocycles. The van der Waals surface area contributed by atoms with E-state index in [0.717, 1.165) is 6.07 Å². The number of nitrogens with zero attached hydrogens (tertiary/aromatic N) is 1. The van der Waals surface area contributed by atoms with Crippen LogP contribution in [0.5, 0.6) is 0 Å². The van der Waals surface area contributed by atoms with E-state index in [1.165, 1.54) is 12.1 Å². The van der Waals surface area contributed by atoms with Gasteiger partial charge in [0, 0.05) is 24.6 Å². The van der Waals surface area contributed by atoms with E-state index in [1.54, 1.807) is 4.90 Å². The molecular formula is C12H13FN2O3. The third-order valence-electron chi connectivity index (χ3n) is 2.99. The van der Waals surface area contributed by atoms with Crippen LogP contribution in [0.4, 0.5) is 10.1 Å². The van der Waals surface area contributed by atoms with Crippen molar-refractivity contribution in [1.29, 1.82) is 0 Å². The highest BCUT2D eigenvalue weighted by atomic mass is 19.1. The van der Waals surface area contributed by atoms with Crippen molar-refractivity contribution < 1.29 is 19.1 Å². The number of carboxylic acid groups (broad SMARTS) is 1. The second-order valence-electron chi connectivity index (χ2n) is 4.40. The Kier molecular flexibility index (Phi) is 3.18. The number of carbonyl (C=O) groups excluding carboxylic acids is 1. The molecule has 5 nitrogen and oxygen atoms in total. The first-order chi connectivity index (χ1) is 8.47. The van der Waals surface area contributed by atoms with Crippen molar-refractivity contribution in [2.45, 2.75) is 6.42 Å². The number of hydrogen-bond donors (Lipinski definition) is 2. The molecule has 2 rings (SSSR count). The number of carbonyl (C=O) groups is 2. The van der Waals surface area contributed by atoms with Crippen molar-refractivity contribution in [2.24, 2.45) is 11.7 Å². The van der Waals surface area contributed by atoms with Crippen LogP contribution in [0.2, 0.25) is 0 Å². The summed E-state index contributed by atoms with van der Waals surface area (Å²) in [5.74, 6) is -1.98. The van der Waals surface area contributed by atoms with Crippen LogP contribution in [0.3, 0.4) is 0 Å². The molecule has 1 fully saturated rings. The molecule has 0 spiro atoms. The van der Waals surface area contributed by atoms with E-state index in [1.807, 2.05) is 0 Å². The van der Waals surface area contributed by atoms with Gasteiger partial charge in [0.2, 0.25) is 5.91 Å². The predicted molar refractivity (Wildman–Crippen MR) is 62.9 cm³/mol. The Morgan fingerprint density at radius 2 is 2.11 bits per heavy atom. The van der Waals surface area contributed by atoms with E-state index >= 15 is 0 Å². The molecule has 1 aliphatic rings. The first-order valence-corrected chi connectivity index (χ1v) is 5.53. The zero-order chi connectivity index (χ0) is 13.3. The lowest BCUT2D eigenvalue weighted by Crippen LogP contribution is -2.48. The van der Waals surface area contributed by atoms with Crippen molar-refractivity contribution in [3.63, 3.8) is 0 Å². The number of benzene rings is 1. The highest BCUT2D eigenvalue weighted by molar-refractivity contribution is 5.93. The Hall–Kier alpha value is -2.11. The average Bonchev–Trinajstić information content (AvgIpc) is 2.23. The Morgan fingerprint density at radius 3 is 2.61 bits per heavy atom. The number of primary amides is 1. The predicted octanol–water partition coefficient (Wildman–Crippen LogP) is 0.835. The van der Waals surface area contributed by atoms with Crippen molar-refractivity contribution >= 4 is 17.6 Å². The van der Waals surface area contributed by atoms with Crippen LogP contribution in [0.1, 0.15) is 16.8 Å². The summed E-state index contributed by atoms with van der Waals surface area (Å²) in [4.78, 5) is 23.1. The molecule has 18 heavy (non-hydrogen) atoms. The molecule has 96 valence electrons. The summed E-state index contributed by atoms with van der Waals surface area (Å²) < 4.78 is 13.7. The van der Waals surface area contributed by atoms with Gasteiger partial charge in [0.25, 0.3) is 0 Å². The maximum absolute atomic E-state index is 13.7. The normalized spacial score (nSPS) is 15.3. The van der Waals surface area contributed by atoms with Gasteiger partial charge in [-0.3, -0.25) is 9.59 Å². The Balaban J connectivity index is 2.04. The van der Waals surface area contributed by atoms with E-state index in [2.05, 4.69) is 0 Å². The molecule has 0 saturated carbocycles. The number of carboxylic acids is 1. The van der Waals surface area contributed by atoms with E-state index in [9.17, 15) is 14.0 Å². The van der Waals surface area contributed by atoms with Crippen LogP contribution in [0, 0.1) is 11.7 Å². The average molecular weight is 252 g/mol. The first kappa shape index (κ1) is 12.3. The molecule has 0 bridgehead atoms. The van der Waals surface area contributed by atoms with Gasteiger partial charge in [0.05, 0.1) is 12.1 Å². The molecular weight excluding hydrogens is 239 g/mol. The summed E-state index contributed by atoms with van der Waals surface area (Å²) in [7, 11) is 0. The van der Waals surface area contributed by atoms with Crippen molar-refractivity contribution in [1.82, 2.24) is 0 Å². The maximum atomic E-state index is 13.7. The number of hydrogen-bond acceptors (Lipinski definition) is 3. The minimum Gasteiger partial charge on any atom is -0.481 e. The van der Waals surface area contributed by atoms with Gasteiger partial charge in [-0.2, -0.15) is 0 Å². The van der Waals surface area contributed by atoms with Crippen LogP contribution in [-0.4, -0.2) is 30.1 Å². The lowest BCUT2D eigenvalue weighted by atomic mass is 9.95. The van der Waals surface area contributed by atoms with Crippen LogP contribution in [-0.2, 0) is 4.79 Å².